The molecule has 0 N–H and O–H groups in total. The van der Waals surface area contributed by atoms with Crippen LogP contribution in [0.4, 0.5) is 0 Å². The van der Waals surface area contributed by atoms with E-state index in [9.17, 15) is 4.79 Å². The standard InChI is InChI=1S/C21H33N3O/c1-17-5-7-20(8-6-17)9-12-22-15-18(2)21(16-22)24-11-4-10-23(13-14-24)19(3)25/h5-8,18,21H,4,9-16H2,1-3H3/t18-,21-/m1/s1. The summed E-state index contributed by atoms with van der Waals surface area (Å²) in [6.45, 7) is 13.7. The predicted molar refractivity (Wildman–Crippen MR) is 103 cm³/mol. The van der Waals surface area contributed by atoms with Gasteiger partial charge in [-0.15, -0.1) is 0 Å². The van der Waals surface area contributed by atoms with Crippen LogP contribution in [-0.4, -0.2) is 72.5 Å². The Morgan fingerprint density at radius 2 is 1.84 bits per heavy atom. The van der Waals surface area contributed by atoms with E-state index in [2.05, 4.69) is 47.9 Å². The summed E-state index contributed by atoms with van der Waals surface area (Å²) in [7, 11) is 0. The van der Waals surface area contributed by atoms with Crippen LogP contribution < -0.4 is 0 Å². The molecule has 0 spiro atoms. The van der Waals surface area contributed by atoms with Crippen LogP contribution in [-0.2, 0) is 11.2 Å². The van der Waals surface area contributed by atoms with Crippen molar-refractivity contribution in [3.8, 4) is 0 Å². The summed E-state index contributed by atoms with van der Waals surface area (Å²) < 4.78 is 0. The molecular weight excluding hydrogens is 310 g/mol. The minimum Gasteiger partial charge on any atom is -0.342 e. The molecule has 0 aliphatic carbocycles. The normalized spacial score (nSPS) is 26.0. The third kappa shape index (κ3) is 4.83. The van der Waals surface area contributed by atoms with Gasteiger partial charge in [0.25, 0.3) is 0 Å². The molecule has 0 saturated carbocycles. The minimum atomic E-state index is 0.223. The summed E-state index contributed by atoms with van der Waals surface area (Å²) in [5.74, 6) is 0.933. The van der Waals surface area contributed by atoms with Gasteiger partial charge in [-0.2, -0.15) is 0 Å². The SMILES string of the molecule is CC(=O)N1CCCN([C@@H]2CN(CCc3ccc(C)cc3)C[C@H]2C)CC1. The van der Waals surface area contributed by atoms with Crippen molar-refractivity contribution in [2.24, 2.45) is 5.92 Å². The van der Waals surface area contributed by atoms with Crippen molar-refractivity contribution >= 4 is 5.91 Å². The maximum absolute atomic E-state index is 11.6. The number of likely N-dealkylation sites (tertiary alicyclic amines) is 1. The molecule has 4 heteroatoms. The molecule has 4 nitrogen and oxygen atoms in total. The highest BCUT2D eigenvalue weighted by Crippen LogP contribution is 2.23. The maximum atomic E-state index is 11.6. The molecular formula is C21H33N3O. The van der Waals surface area contributed by atoms with Crippen LogP contribution in [0.3, 0.4) is 0 Å². The highest BCUT2D eigenvalue weighted by molar-refractivity contribution is 5.73. The lowest BCUT2D eigenvalue weighted by molar-refractivity contribution is -0.128. The van der Waals surface area contributed by atoms with E-state index in [-0.39, 0.29) is 5.91 Å². The molecule has 0 radical (unpaired) electrons. The zero-order valence-corrected chi connectivity index (χ0v) is 16.1. The summed E-state index contributed by atoms with van der Waals surface area (Å²) in [4.78, 5) is 18.9. The van der Waals surface area contributed by atoms with Crippen LogP contribution in [0.15, 0.2) is 24.3 Å². The molecule has 138 valence electrons. The average Bonchev–Trinajstić information content (AvgIpc) is 2.81. The highest BCUT2D eigenvalue weighted by Gasteiger charge is 2.34. The molecule has 3 rings (SSSR count). The number of carbonyl (C=O) groups excluding carboxylic acids is 1. The summed E-state index contributed by atoms with van der Waals surface area (Å²) in [6.07, 6.45) is 2.24. The van der Waals surface area contributed by atoms with Gasteiger partial charge >= 0.3 is 0 Å². The molecule has 0 aromatic heterocycles. The molecule has 0 bridgehead atoms. The quantitative estimate of drug-likeness (QED) is 0.840. The van der Waals surface area contributed by atoms with E-state index >= 15 is 0 Å². The number of hydrogen-bond acceptors (Lipinski definition) is 3. The first-order valence-electron chi connectivity index (χ1n) is 9.80. The first-order chi connectivity index (χ1) is 12.0. The van der Waals surface area contributed by atoms with Gasteiger partial charge in [0.1, 0.15) is 0 Å². The number of rotatable bonds is 4. The lowest BCUT2D eigenvalue weighted by atomic mass is 10.0. The van der Waals surface area contributed by atoms with Gasteiger partial charge in [0.2, 0.25) is 5.91 Å². The maximum Gasteiger partial charge on any atom is 0.219 e. The van der Waals surface area contributed by atoms with Crippen molar-refractivity contribution in [2.45, 2.75) is 39.7 Å². The van der Waals surface area contributed by atoms with Crippen LogP contribution in [0.1, 0.15) is 31.4 Å². The summed E-state index contributed by atoms with van der Waals surface area (Å²) in [6, 6.07) is 9.59. The van der Waals surface area contributed by atoms with Crippen LogP contribution in [0.2, 0.25) is 0 Å². The number of aryl methyl sites for hydroxylation is 1. The summed E-state index contributed by atoms with van der Waals surface area (Å²) >= 11 is 0. The van der Waals surface area contributed by atoms with E-state index in [4.69, 9.17) is 0 Å². The van der Waals surface area contributed by atoms with Gasteiger partial charge in [0.15, 0.2) is 0 Å². The molecule has 2 heterocycles. The molecule has 2 atom stereocenters. The van der Waals surface area contributed by atoms with Gasteiger partial charge in [0.05, 0.1) is 0 Å². The lowest BCUT2D eigenvalue weighted by Gasteiger charge is -2.30. The second-order valence-electron chi connectivity index (χ2n) is 7.94. The molecule has 1 aromatic carbocycles. The Hall–Kier alpha value is -1.39. The Labute approximate surface area is 152 Å². The van der Waals surface area contributed by atoms with Gasteiger partial charge in [-0.25, -0.2) is 0 Å². The summed E-state index contributed by atoms with van der Waals surface area (Å²) in [5, 5.41) is 0. The molecule has 0 unspecified atom stereocenters. The van der Waals surface area contributed by atoms with E-state index < -0.39 is 0 Å². The van der Waals surface area contributed by atoms with Crippen molar-refractivity contribution in [3.05, 3.63) is 35.4 Å². The van der Waals surface area contributed by atoms with Gasteiger partial charge in [-0.3, -0.25) is 9.69 Å². The molecule has 1 amide bonds. The van der Waals surface area contributed by atoms with Gasteiger partial charge in [-0.05, 0) is 31.2 Å². The molecule has 2 aliphatic rings. The Morgan fingerprint density at radius 1 is 1.08 bits per heavy atom. The number of hydrogen-bond donors (Lipinski definition) is 0. The number of amides is 1. The monoisotopic (exact) mass is 343 g/mol. The van der Waals surface area contributed by atoms with Gasteiger partial charge in [0, 0.05) is 58.8 Å². The fraction of sp³-hybridized carbons (Fsp3) is 0.667. The number of nitrogens with zero attached hydrogens (tertiary/aromatic N) is 3. The molecule has 2 aliphatic heterocycles. The van der Waals surface area contributed by atoms with Crippen molar-refractivity contribution in [2.75, 3.05) is 45.8 Å². The Kier molecular flexibility index (Phi) is 6.13. The highest BCUT2D eigenvalue weighted by atomic mass is 16.2. The smallest absolute Gasteiger partial charge is 0.219 e. The topological polar surface area (TPSA) is 26.8 Å². The first kappa shape index (κ1) is 18.4. The largest absolute Gasteiger partial charge is 0.342 e. The van der Waals surface area contributed by atoms with E-state index in [1.807, 2.05) is 4.90 Å². The van der Waals surface area contributed by atoms with Crippen molar-refractivity contribution in [1.82, 2.24) is 14.7 Å². The number of carbonyl (C=O) groups is 1. The van der Waals surface area contributed by atoms with Crippen LogP contribution in [0.5, 0.6) is 0 Å². The Morgan fingerprint density at radius 3 is 2.56 bits per heavy atom. The molecule has 2 fully saturated rings. The van der Waals surface area contributed by atoms with Crippen molar-refractivity contribution < 1.29 is 4.79 Å². The fourth-order valence-corrected chi connectivity index (χ4v) is 4.33. The average molecular weight is 344 g/mol. The lowest BCUT2D eigenvalue weighted by Crippen LogP contribution is -2.43. The van der Waals surface area contributed by atoms with Crippen LogP contribution in [0, 0.1) is 12.8 Å². The Bertz CT molecular complexity index is 571. The molecule has 1 aromatic rings. The molecule has 25 heavy (non-hydrogen) atoms. The van der Waals surface area contributed by atoms with Crippen LogP contribution in [0.25, 0.3) is 0 Å². The minimum absolute atomic E-state index is 0.223. The zero-order valence-electron chi connectivity index (χ0n) is 16.1. The van der Waals surface area contributed by atoms with Gasteiger partial charge in [-0.1, -0.05) is 36.8 Å². The van der Waals surface area contributed by atoms with E-state index in [1.54, 1.807) is 6.92 Å². The summed E-state index contributed by atoms with van der Waals surface area (Å²) in [5.41, 5.74) is 2.77. The first-order valence-corrected chi connectivity index (χ1v) is 9.80. The Balaban J connectivity index is 1.50. The van der Waals surface area contributed by atoms with Crippen molar-refractivity contribution in [3.63, 3.8) is 0 Å². The van der Waals surface area contributed by atoms with E-state index in [1.165, 1.54) is 24.2 Å². The zero-order chi connectivity index (χ0) is 17.8. The van der Waals surface area contributed by atoms with Gasteiger partial charge < -0.3 is 9.80 Å². The van der Waals surface area contributed by atoms with Crippen molar-refractivity contribution in [1.29, 1.82) is 0 Å². The second kappa shape index (κ2) is 8.33. The number of benzene rings is 1. The van der Waals surface area contributed by atoms with E-state index in [0.717, 1.165) is 45.6 Å². The fourth-order valence-electron chi connectivity index (χ4n) is 4.33. The predicted octanol–water partition coefficient (Wildman–Crippen LogP) is 2.41. The third-order valence-electron chi connectivity index (χ3n) is 5.93. The second-order valence-corrected chi connectivity index (χ2v) is 7.94. The van der Waals surface area contributed by atoms with E-state index in [0.29, 0.717) is 12.0 Å². The molecule has 2 saturated heterocycles. The third-order valence-corrected chi connectivity index (χ3v) is 5.93. The van der Waals surface area contributed by atoms with Crippen LogP contribution >= 0.6 is 0 Å².